The number of carbonyl (C=O) groups is 1. The van der Waals surface area contributed by atoms with Crippen molar-refractivity contribution in [1.82, 2.24) is 10.2 Å². The molecular formula is C16H30N2O2. The molecule has 0 aromatic carbocycles. The van der Waals surface area contributed by atoms with Crippen molar-refractivity contribution in [3.05, 3.63) is 0 Å². The molecule has 1 amide bonds. The third kappa shape index (κ3) is 4.74. The van der Waals surface area contributed by atoms with Crippen molar-refractivity contribution < 1.29 is 9.53 Å². The maximum Gasteiger partial charge on any atom is 0.248 e. The van der Waals surface area contributed by atoms with Crippen LogP contribution in [0.3, 0.4) is 0 Å². The predicted molar refractivity (Wildman–Crippen MR) is 80.7 cm³/mol. The fourth-order valence-electron chi connectivity index (χ4n) is 3.08. The molecule has 0 aromatic heterocycles. The summed E-state index contributed by atoms with van der Waals surface area (Å²) in [6, 6.07) is 1.16. The van der Waals surface area contributed by atoms with E-state index in [-0.39, 0.29) is 18.6 Å². The van der Waals surface area contributed by atoms with Gasteiger partial charge in [0.05, 0.1) is 6.10 Å². The largest absolute Gasteiger partial charge is 0.368 e. The van der Waals surface area contributed by atoms with Gasteiger partial charge in [-0.25, -0.2) is 0 Å². The Labute approximate surface area is 123 Å². The molecule has 2 saturated carbocycles. The highest BCUT2D eigenvalue weighted by molar-refractivity contribution is 5.78. The van der Waals surface area contributed by atoms with Crippen LogP contribution in [-0.4, -0.2) is 48.7 Å². The highest BCUT2D eigenvalue weighted by atomic mass is 16.5. The van der Waals surface area contributed by atoms with Gasteiger partial charge in [0.15, 0.2) is 0 Å². The molecule has 2 fully saturated rings. The summed E-state index contributed by atoms with van der Waals surface area (Å²) in [6.07, 6.45) is 8.36. The van der Waals surface area contributed by atoms with Crippen molar-refractivity contribution >= 4 is 5.91 Å². The minimum absolute atomic E-state index is 0.182. The van der Waals surface area contributed by atoms with Crippen LogP contribution in [0.5, 0.6) is 0 Å². The lowest BCUT2D eigenvalue weighted by Gasteiger charge is -2.30. The van der Waals surface area contributed by atoms with Gasteiger partial charge < -0.3 is 15.0 Å². The highest BCUT2D eigenvalue weighted by Crippen LogP contribution is 2.27. The van der Waals surface area contributed by atoms with Gasteiger partial charge in [0, 0.05) is 18.6 Å². The first-order valence-corrected chi connectivity index (χ1v) is 8.39. The summed E-state index contributed by atoms with van der Waals surface area (Å²) in [4.78, 5) is 14.1. The molecule has 2 aliphatic rings. The first-order valence-electron chi connectivity index (χ1n) is 8.39. The summed E-state index contributed by atoms with van der Waals surface area (Å²) in [5, 5.41) is 3.58. The fourth-order valence-corrected chi connectivity index (χ4v) is 3.08. The average Bonchev–Trinajstić information content (AvgIpc) is 3.29. The number of rotatable bonds is 8. The van der Waals surface area contributed by atoms with Crippen LogP contribution in [0.4, 0.5) is 0 Å². The summed E-state index contributed by atoms with van der Waals surface area (Å²) in [6.45, 7) is 6.47. The van der Waals surface area contributed by atoms with Crippen molar-refractivity contribution in [2.45, 2.75) is 77.0 Å². The van der Waals surface area contributed by atoms with Gasteiger partial charge in [-0.3, -0.25) is 4.79 Å². The highest BCUT2D eigenvalue weighted by Gasteiger charge is 2.31. The SMILES string of the molecule is CCCNC1CCC(OCC(=O)N(CC)C2CC2)CC1. The first-order chi connectivity index (χ1) is 9.74. The number of likely N-dealkylation sites (N-methyl/N-ethyl adjacent to an activating group) is 1. The number of carbonyl (C=O) groups excluding carboxylic acids is 1. The van der Waals surface area contributed by atoms with Crippen molar-refractivity contribution in [2.24, 2.45) is 0 Å². The van der Waals surface area contributed by atoms with E-state index in [0.717, 1.165) is 25.9 Å². The summed E-state index contributed by atoms with van der Waals surface area (Å²) in [5.41, 5.74) is 0. The predicted octanol–water partition coefficient (Wildman–Crippen LogP) is 2.32. The molecule has 0 spiro atoms. The zero-order valence-corrected chi connectivity index (χ0v) is 13.1. The molecule has 2 aliphatic carbocycles. The molecule has 20 heavy (non-hydrogen) atoms. The quantitative estimate of drug-likeness (QED) is 0.743. The number of ether oxygens (including phenoxy) is 1. The van der Waals surface area contributed by atoms with Crippen LogP contribution < -0.4 is 5.32 Å². The fraction of sp³-hybridized carbons (Fsp3) is 0.938. The molecule has 0 unspecified atom stereocenters. The van der Waals surface area contributed by atoms with Crippen LogP contribution >= 0.6 is 0 Å². The Balaban J connectivity index is 1.61. The summed E-state index contributed by atoms with van der Waals surface area (Å²) in [5.74, 6) is 0.182. The second-order valence-electron chi connectivity index (χ2n) is 6.15. The summed E-state index contributed by atoms with van der Waals surface area (Å²) in [7, 11) is 0. The number of amides is 1. The molecule has 0 bridgehead atoms. The third-order valence-corrected chi connectivity index (χ3v) is 4.45. The maximum absolute atomic E-state index is 12.1. The van der Waals surface area contributed by atoms with Gasteiger partial charge in [-0.1, -0.05) is 6.92 Å². The van der Waals surface area contributed by atoms with E-state index >= 15 is 0 Å². The van der Waals surface area contributed by atoms with Crippen LogP contribution in [0.1, 0.15) is 58.8 Å². The number of hydrogen-bond donors (Lipinski definition) is 1. The molecule has 0 radical (unpaired) electrons. The first kappa shape index (κ1) is 15.8. The van der Waals surface area contributed by atoms with E-state index in [1.807, 2.05) is 4.90 Å². The minimum Gasteiger partial charge on any atom is -0.368 e. The molecule has 0 atom stereocenters. The molecule has 2 rings (SSSR count). The monoisotopic (exact) mass is 282 g/mol. The van der Waals surface area contributed by atoms with Gasteiger partial charge in [0.25, 0.3) is 0 Å². The van der Waals surface area contributed by atoms with Gasteiger partial charge in [-0.2, -0.15) is 0 Å². The summed E-state index contributed by atoms with van der Waals surface area (Å²) >= 11 is 0. The molecule has 0 saturated heterocycles. The van der Waals surface area contributed by atoms with Gasteiger partial charge in [-0.15, -0.1) is 0 Å². The van der Waals surface area contributed by atoms with Gasteiger partial charge in [0.2, 0.25) is 5.91 Å². The Morgan fingerprint density at radius 1 is 1.15 bits per heavy atom. The smallest absolute Gasteiger partial charge is 0.248 e. The van der Waals surface area contributed by atoms with E-state index in [4.69, 9.17) is 4.74 Å². The summed E-state index contributed by atoms with van der Waals surface area (Å²) < 4.78 is 5.84. The van der Waals surface area contributed by atoms with Crippen LogP contribution in [0.15, 0.2) is 0 Å². The zero-order valence-electron chi connectivity index (χ0n) is 13.1. The van der Waals surface area contributed by atoms with Crippen molar-refractivity contribution in [3.63, 3.8) is 0 Å². The number of hydrogen-bond acceptors (Lipinski definition) is 3. The second-order valence-corrected chi connectivity index (χ2v) is 6.15. The molecule has 0 aromatic rings. The number of nitrogens with one attached hydrogen (secondary N) is 1. The second kappa shape index (κ2) is 7.99. The van der Waals surface area contributed by atoms with Gasteiger partial charge >= 0.3 is 0 Å². The van der Waals surface area contributed by atoms with Crippen LogP contribution in [0.25, 0.3) is 0 Å². The maximum atomic E-state index is 12.1. The molecular weight excluding hydrogens is 252 g/mol. The Hall–Kier alpha value is -0.610. The lowest BCUT2D eigenvalue weighted by atomic mass is 9.93. The minimum atomic E-state index is 0.182. The molecule has 0 heterocycles. The zero-order chi connectivity index (χ0) is 14.4. The average molecular weight is 282 g/mol. The van der Waals surface area contributed by atoms with Gasteiger partial charge in [-0.05, 0) is 58.4 Å². The van der Waals surface area contributed by atoms with E-state index in [2.05, 4.69) is 19.2 Å². The Morgan fingerprint density at radius 3 is 2.40 bits per heavy atom. The lowest BCUT2D eigenvalue weighted by molar-refractivity contribution is -0.139. The molecule has 4 heteroatoms. The molecule has 0 aliphatic heterocycles. The van der Waals surface area contributed by atoms with E-state index in [0.29, 0.717) is 12.1 Å². The Kier molecular flexibility index (Phi) is 6.30. The van der Waals surface area contributed by atoms with E-state index in [9.17, 15) is 4.79 Å². The van der Waals surface area contributed by atoms with E-state index in [1.54, 1.807) is 0 Å². The number of nitrogens with zero attached hydrogens (tertiary/aromatic N) is 1. The van der Waals surface area contributed by atoms with Crippen molar-refractivity contribution in [2.75, 3.05) is 19.7 Å². The van der Waals surface area contributed by atoms with Gasteiger partial charge in [0.1, 0.15) is 6.61 Å². The van der Waals surface area contributed by atoms with Crippen molar-refractivity contribution in [3.8, 4) is 0 Å². The molecule has 1 N–H and O–H groups in total. The molecule has 116 valence electrons. The van der Waals surface area contributed by atoms with Crippen LogP contribution in [0, 0.1) is 0 Å². The topological polar surface area (TPSA) is 41.6 Å². The lowest BCUT2D eigenvalue weighted by Crippen LogP contribution is -2.39. The molecule has 4 nitrogen and oxygen atoms in total. The van der Waals surface area contributed by atoms with Crippen LogP contribution in [-0.2, 0) is 9.53 Å². The normalized spacial score (nSPS) is 26.5. The third-order valence-electron chi connectivity index (χ3n) is 4.45. The standard InChI is InChI=1S/C16H30N2O2/c1-3-11-17-13-5-9-15(10-6-13)20-12-16(19)18(4-2)14-7-8-14/h13-15,17H,3-12H2,1-2H3. The van der Waals surface area contributed by atoms with Crippen LogP contribution in [0.2, 0.25) is 0 Å². The van der Waals surface area contributed by atoms with Crippen molar-refractivity contribution in [1.29, 1.82) is 0 Å². The van der Waals surface area contributed by atoms with E-state index in [1.165, 1.54) is 32.1 Å². The van der Waals surface area contributed by atoms with E-state index < -0.39 is 0 Å². The Morgan fingerprint density at radius 2 is 1.85 bits per heavy atom. The Bertz CT molecular complexity index is 297.